The van der Waals surface area contributed by atoms with E-state index in [2.05, 4.69) is 105 Å². The highest BCUT2D eigenvalue weighted by Gasteiger charge is 2.41. The smallest absolute Gasteiger partial charge is 0.247 e. The molecule has 39 heavy (non-hydrogen) atoms. The van der Waals surface area contributed by atoms with E-state index in [1.54, 1.807) is 0 Å². The number of benzene rings is 5. The monoisotopic (exact) mass is 554 g/mol. The zero-order valence-electron chi connectivity index (χ0n) is 21.8. The number of hydrogen-bond acceptors (Lipinski definition) is 4. The SMILES string of the molecule is C[Si](C)(C)c1cc2c3c(c1)Sc1c(ccc4c1oc1ccccc14)B3c1ccc3c(oc4ccccc43)c1S2. The summed E-state index contributed by atoms with van der Waals surface area (Å²) >= 11 is 3.80. The van der Waals surface area contributed by atoms with Crippen LogP contribution in [0.15, 0.2) is 113 Å². The van der Waals surface area contributed by atoms with Gasteiger partial charge in [-0.05, 0) is 29.7 Å². The fraction of sp³-hybridized carbons (Fsp3) is 0.0909. The van der Waals surface area contributed by atoms with Crippen molar-refractivity contribution < 1.29 is 8.83 Å². The summed E-state index contributed by atoms with van der Waals surface area (Å²) in [5, 5.41) is 6.25. The van der Waals surface area contributed by atoms with Crippen molar-refractivity contribution in [3.05, 3.63) is 84.9 Å². The van der Waals surface area contributed by atoms with E-state index >= 15 is 0 Å². The standard InChI is InChI=1S/C33H23BO2S2Si/c1-39(2,3)18-16-27-29-28(17-18)38-33-24(15-13-22-20-9-5-7-11-26(20)36-31(22)33)34(29)23-14-12-21-19-8-4-6-10-25(19)35-30(21)32(23)37-27/h4-17H,1-3H3. The number of furan rings is 2. The van der Waals surface area contributed by atoms with Crippen LogP contribution in [0.25, 0.3) is 43.9 Å². The molecule has 0 aliphatic carbocycles. The lowest BCUT2D eigenvalue weighted by Crippen LogP contribution is -2.58. The van der Waals surface area contributed by atoms with Gasteiger partial charge in [-0.25, -0.2) is 0 Å². The van der Waals surface area contributed by atoms with Crippen molar-refractivity contribution in [2.45, 2.75) is 39.2 Å². The maximum atomic E-state index is 6.57. The van der Waals surface area contributed by atoms with E-state index in [0.29, 0.717) is 0 Å². The number of fused-ring (bicyclic) bond motifs is 12. The summed E-state index contributed by atoms with van der Waals surface area (Å²) in [5.41, 5.74) is 8.02. The lowest BCUT2D eigenvalue weighted by Gasteiger charge is -2.34. The van der Waals surface area contributed by atoms with Crippen LogP contribution >= 0.6 is 23.5 Å². The van der Waals surface area contributed by atoms with Gasteiger partial charge in [-0.2, -0.15) is 0 Å². The van der Waals surface area contributed by atoms with E-state index in [-0.39, 0.29) is 6.71 Å². The molecule has 2 nitrogen and oxygen atoms in total. The van der Waals surface area contributed by atoms with E-state index in [1.807, 2.05) is 23.5 Å². The molecule has 0 unspecified atom stereocenters. The van der Waals surface area contributed by atoms with Crippen molar-refractivity contribution >= 4 is 104 Å². The van der Waals surface area contributed by atoms with Crippen LogP contribution in [0, 0.1) is 0 Å². The van der Waals surface area contributed by atoms with Crippen molar-refractivity contribution in [2.24, 2.45) is 0 Å². The van der Waals surface area contributed by atoms with Gasteiger partial charge in [0.25, 0.3) is 0 Å². The number of hydrogen-bond donors (Lipinski definition) is 0. The van der Waals surface area contributed by atoms with Gasteiger partial charge in [0.05, 0.1) is 17.9 Å². The molecule has 0 fully saturated rings. The van der Waals surface area contributed by atoms with E-state index in [1.165, 1.54) is 62.7 Å². The molecule has 5 aromatic carbocycles. The van der Waals surface area contributed by atoms with Crippen LogP contribution in [0.4, 0.5) is 0 Å². The van der Waals surface area contributed by atoms with Crippen molar-refractivity contribution in [1.29, 1.82) is 0 Å². The van der Waals surface area contributed by atoms with Crippen LogP contribution in [0.2, 0.25) is 19.6 Å². The normalized spacial score (nSPS) is 14.3. The molecule has 0 saturated carbocycles. The largest absolute Gasteiger partial charge is 0.455 e. The quantitative estimate of drug-likeness (QED) is 0.197. The first-order chi connectivity index (χ1) is 19.0. The molecule has 2 aliphatic heterocycles. The van der Waals surface area contributed by atoms with Crippen LogP contribution in [0.1, 0.15) is 0 Å². The van der Waals surface area contributed by atoms with E-state index in [0.717, 1.165) is 22.3 Å². The molecule has 2 aliphatic rings. The summed E-state index contributed by atoms with van der Waals surface area (Å²) in [6.45, 7) is 7.47. The van der Waals surface area contributed by atoms with Crippen molar-refractivity contribution in [2.75, 3.05) is 0 Å². The minimum atomic E-state index is -1.56. The molecule has 4 heterocycles. The molecule has 9 rings (SSSR count). The topological polar surface area (TPSA) is 26.3 Å². The summed E-state index contributed by atoms with van der Waals surface area (Å²) in [4.78, 5) is 5.25. The summed E-state index contributed by atoms with van der Waals surface area (Å²) in [6.07, 6.45) is 0. The van der Waals surface area contributed by atoms with Gasteiger partial charge in [0, 0.05) is 31.3 Å². The van der Waals surface area contributed by atoms with Gasteiger partial charge in [-0.1, -0.05) is 120 Å². The molecule has 0 N–H and O–H groups in total. The highest BCUT2D eigenvalue weighted by atomic mass is 32.2. The number of para-hydroxylation sites is 2. The van der Waals surface area contributed by atoms with E-state index < -0.39 is 8.07 Å². The first kappa shape index (κ1) is 22.5. The molecular formula is C33H23BO2S2Si. The molecule has 186 valence electrons. The summed E-state index contributed by atoms with van der Waals surface area (Å²) in [7, 11) is -1.56. The molecule has 0 spiro atoms. The molecule has 0 radical (unpaired) electrons. The highest BCUT2D eigenvalue weighted by Crippen LogP contribution is 2.45. The third-order valence-corrected chi connectivity index (χ3v) is 12.8. The Labute approximate surface area is 235 Å². The van der Waals surface area contributed by atoms with E-state index in [4.69, 9.17) is 8.83 Å². The van der Waals surface area contributed by atoms with Crippen LogP contribution < -0.4 is 21.6 Å². The molecule has 7 aromatic rings. The first-order valence-corrected chi connectivity index (χ1v) is 18.5. The average Bonchev–Trinajstić information content (AvgIpc) is 3.51. The van der Waals surface area contributed by atoms with Crippen LogP contribution in [-0.4, -0.2) is 14.8 Å². The third kappa shape index (κ3) is 3.02. The van der Waals surface area contributed by atoms with Gasteiger partial charge < -0.3 is 8.83 Å². The lowest BCUT2D eigenvalue weighted by atomic mass is 9.36. The van der Waals surface area contributed by atoms with Gasteiger partial charge in [0.2, 0.25) is 6.71 Å². The molecular weight excluding hydrogens is 531 g/mol. The molecule has 0 amide bonds. The maximum Gasteiger partial charge on any atom is 0.247 e. The zero-order chi connectivity index (χ0) is 26.0. The van der Waals surface area contributed by atoms with Gasteiger partial charge in [0.15, 0.2) is 0 Å². The van der Waals surface area contributed by atoms with Crippen LogP contribution in [0.3, 0.4) is 0 Å². The third-order valence-electron chi connectivity index (χ3n) is 8.37. The Hall–Kier alpha value is -3.32. The summed E-state index contributed by atoms with van der Waals surface area (Å²) in [6, 6.07) is 31.0. The number of rotatable bonds is 1. The average molecular weight is 555 g/mol. The van der Waals surface area contributed by atoms with Gasteiger partial charge in [0.1, 0.15) is 22.3 Å². The fourth-order valence-corrected chi connectivity index (χ4v) is 10.4. The molecule has 0 atom stereocenters. The van der Waals surface area contributed by atoms with Gasteiger partial charge in [-0.15, -0.1) is 0 Å². The van der Waals surface area contributed by atoms with Crippen LogP contribution in [-0.2, 0) is 0 Å². The first-order valence-electron chi connectivity index (χ1n) is 13.4. The van der Waals surface area contributed by atoms with Crippen LogP contribution in [0.5, 0.6) is 0 Å². The lowest BCUT2D eigenvalue weighted by molar-refractivity contribution is 0.661. The zero-order valence-corrected chi connectivity index (χ0v) is 24.4. The second kappa shape index (κ2) is 7.66. The maximum absolute atomic E-state index is 6.57. The predicted octanol–water partition coefficient (Wildman–Crippen LogP) is 7.48. The Balaban J connectivity index is 1.39. The Morgan fingerprint density at radius 3 is 1.56 bits per heavy atom. The Kier molecular flexibility index (Phi) is 4.42. The minimum absolute atomic E-state index is 0.147. The molecule has 0 saturated heterocycles. The van der Waals surface area contributed by atoms with Gasteiger partial charge in [-0.3, -0.25) is 0 Å². The minimum Gasteiger partial charge on any atom is -0.455 e. The Morgan fingerprint density at radius 1 is 0.590 bits per heavy atom. The second-order valence-corrected chi connectivity index (χ2v) is 18.9. The van der Waals surface area contributed by atoms with Crippen molar-refractivity contribution in [3.63, 3.8) is 0 Å². The Morgan fingerprint density at radius 2 is 1.08 bits per heavy atom. The molecule has 6 heteroatoms. The second-order valence-electron chi connectivity index (χ2n) is 11.7. The van der Waals surface area contributed by atoms with Crippen molar-refractivity contribution in [3.8, 4) is 0 Å². The molecule has 0 bridgehead atoms. The summed E-state index contributed by atoms with van der Waals surface area (Å²) in [5.74, 6) is 0. The Bertz CT molecular complexity index is 2040. The fourth-order valence-electron chi connectivity index (χ4n) is 6.41. The predicted molar refractivity (Wildman–Crippen MR) is 170 cm³/mol. The van der Waals surface area contributed by atoms with Gasteiger partial charge >= 0.3 is 0 Å². The van der Waals surface area contributed by atoms with Crippen molar-refractivity contribution in [1.82, 2.24) is 0 Å². The highest BCUT2D eigenvalue weighted by molar-refractivity contribution is 8.01. The van der Waals surface area contributed by atoms with E-state index in [9.17, 15) is 0 Å². The summed E-state index contributed by atoms with van der Waals surface area (Å²) < 4.78 is 13.1. The molecule has 2 aromatic heterocycles.